The lowest BCUT2D eigenvalue weighted by Gasteiger charge is -2.08. The van der Waals surface area contributed by atoms with Gasteiger partial charge in [0, 0.05) is 5.56 Å². The van der Waals surface area contributed by atoms with Crippen molar-refractivity contribution < 1.29 is 9.90 Å². The predicted octanol–water partition coefficient (Wildman–Crippen LogP) is 4.94. The lowest BCUT2D eigenvalue weighted by atomic mass is 10.1. The maximum Gasteiger partial charge on any atom is 0.345 e. The molecular weight excluding hydrogens is 370 g/mol. The molecular formula is C22H21N3O2S. The molecule has 0 aliphatic carbocycles. The lowest BCUT2D eigenvalue weighted by Crippen LogP contribution is -2.04. The number of carboxylic acids is 1. The second-order valence-corrected chi connectivity index (χ2v) is 7.09. The number of hydrogen-bond donors (Lipinski definition) is 2. The van der Waals surface area contributed by atoms with E-state index in [9.17, 15) is 4.79 Å². The van der Waals surface area contributed by atoms with Crippen molar-refractivity contribution in [3.8, 4) is 11.3 Å². The standard InChI is InChI=1S/C17H17N3.C5H4O2S/c1-13-16(18)17(15-10-6-3-7-11-15)20(19-13)12-14-8-4-2-5-9-14;6-5(7)4-2-1-3-8-4/h2-11H,12,18H2,1H3;1-3H,(H,6,7). The highest BCUT2D eigenvalue weighted by Gasteiger charge is 2.14. The van der Waals surface area contributed by atoms with Gasteiger partial charge in [0.1, 0.15) is 4.88 Å². The predicted molar refractivity (Wildman–Crippen MR) is 114 cm³/mol. The third kappa shape index (κ3) is 4.66. The molecule has 0 spiro atoms. The van der Waals surface area contributed by atoms with E-state index in [0.29, 0.717) is 4.88 Å². The van der Waals surface area contributed by atoms with Gasteiger partial charge in [-0.2, -0.15) is 5.10 Å². The quantitative estimate of drug-likeness (QED) is 0.516. The Bertz CT molecular complexity index is 1030. The molecule has 4 rings (SSSR count). The maximum atomic E-state index is 10.1. The molecule has 0 amide bonds. The fourth-order valence-corrected chi connectivity index (χ4v) is 3.33. The first-order valence-corrected chi connectivity index (χ1v) is 9.63. The van der Waals surface area contributed by atoms with Crippen LogP contribution in [0.4, 0.5) is 5.69 Å². The van der Waals surface area contributed by atoms with Crippen LogP contribution in [-0.2, 0) is 6.54 Å². The average molecular weight is 391 g/mol. The molecule has 28 heavy (non-hydrogen) atoms. The molecule has 2 aromatic carbocycles. The Kier molecular flexibility index (Phi) is 6.24. The number of aromatic carboxylic acids is 1. The zero-order valence-electron chi connectivity index (χ0n) is 15.4. The van der Waals surface area contributed by atoms with Crippen LogP contribution < -0.4 is 5.73 Å². The van der Waals surface area contributed by atoms with Gasteiger partial charge in [-0.25, -0.2) is 4.79 Å². The maximum absolute atomic E-state index is 10.1. The molecule has 0 fully saturated rings. The number of carboxylic acid groups (broad SMARTS) is 1. The fraction of sp³-hybridized carbons (Fsp3) is 0.0909. The molecule has 0 saturated heterocycles. The van der Waals surface area contributed by atoms with E-state index in [1.807, 2.05) is 48.0 Å². The molecule has 0 bridgehead atoms. The van der Waals surface area contributed by atoms with Crippen molar-refractivity contribution >= 4 is 23.0 Å². The first kappa shape index (κ1) is 19.4. The summed E-state index contributed by atoms with van der Waals surface area (Å²) in [6, 6.07) is 23.8. The van der Waals surface area contributed by atoms with Crippen molar-refractivity contribution in [2.45, 2.75) is 13.5 Å². The van der Waals surface area contributed by atoms with Gasteiger partial charge in [-0.3, -0.25) is 4.68 Å². The largest absolute Gasteiger partial charge is 0.477 e. The Labute approximate surface area is 167 Å². The van der Waals surface area contributed by atoms with Crippen molar-refractivity contribution in [2.75, 3.05) is 5.73 Å². The van der Waals surface area contributed by atoms with Crippen LogP contribution in [0, 0.1) is 6.92 Å². The molecule has 0 atom stereocenters. The highest BCUT2D eigenvalue weighted by molar-refractivity contribution is 7.11. The van der Waals surface area contributed by atoms with E-state index in [1.54, 1.807) is 17.5 Å². The van der Waals surface area contributed by atoms with Gasteiger partial charge >= 0.3 is 5.97 Å². The van der Waals surface area contributed by atoms with Crippen LogP contribution in [0.15, 0.2) is 78.2 Å². The summed E-state index contributed by atoms with van der Waals surface area (Å²) in [5.74, 6) is -0.847. The molecule has 0 unspecified atom stereocenters. The number of carbonyl (C=O) groups is 1. The Morgan fingerprint density at radius 3 is 2.21 bits per heavy atom. The number of nitrogens with two attached hydrogens (primary N) is 1. The van der Waals surface area contributed by atoms with Gasteiger partial charge < -0.3 is 10.8 Å². The van der Waals surface area contributed by atoms with E-state index < -0.39 is 5.97 Å². The molecule has 2 heterocycles. The van der Waals surface area contributed by atoms with Gasteiger partial charge in [-0.1, -0.05) is 66.7 Å². The minimum Gasteiger partial charge on any atom is -0.477 e. The van der Waals surface area contributed by atoms with Crippen LogP contribution in [0.3, 0.4) is 0 Å². The van der Waals surface area contributed by atoms with Crippen LogP contribution in [-0.4, -0.2) is 20.9 Å². The van der Waals surface area contributed by atoms with Gasteiger partial charge in [-0.15, -0.1) is 11.3 Å². The van der Waals surface area contributed by atoms with Gasteiger partial charge in [0.2, 0.25) is 0 Å². The van der Waals surface area contributed by atoms with E-state index in [1.165, 1.54) is 16.9 Å². The molecule has 4 aromatic rings. The second kappa shape index (κ2) is 9.01. The minimum absolute atomic E-state index is 0.394. The third-order valence-electron chi connectivity index (χ3n) is 4.13. The number of aromatic nitrogens is 2. The summed E-state index contributed by atoms with van der Waals surface area (Å²) >= 11 is 1.23. The minimum atomic E-state index is -0.847. The number of anilines is 1. The molecule has 0 aliphatic heterocycles. The van der Waals surface area contributed by atoms with Gasteiger partial charge in [-0.05, 0) is 23.9 Å². The van der Waals surface area contributed by atoms with Crippen molar-refractivity contribution in [2.24, 2.45) is 0 Å². The Hall–Kier alpha value is -3.38. The van der Waals surface area contributed by atoms with Crippen LogP contribution in [0.1, 0.15) is 20.9 Å². The van der Waals surface area contributed by atoms with Gasteiger partial charge in [0.05, 0.1) is 23.6 Å². The summed E-state index contributed by atoms with van der Waals surface area (Å²) in [5, 5.41) is 14.6. The highest BCUT2D eigenvalue weighted by Crippen LogP contribution is 2.28. The number of benzene rings is 2. The van der Waals surface area contributed by atoms with E-state index in [0.717, 1.165) is 29.2 Å². The lowest BCUT2D eigenvalue weighted by molar-refractivity contribution is 0.0702. The molecule has 6 heteroatoms. The first-order chi connectivity index (χ1) is 13.6. The van der Waals surface area contributed by atoms with Gasteiger partial charge in [0.25, 0.3) is 0 Å². The van der Waals surface area contributed by atoms with Gasteiger partial charge in [0.15, 0.2) is 0 Å². The topological polar surface area (TPSA) is 81.1 Å². The number of nitrogen functional groups attached to an aromatic ring is 1. The molecule has 5 nitrogen and oxygen atoms in total. The fourth-order valence-electron chi connectivity index (χ4n) is 2.77. The van der Waals surface area contributed by atoms with Crippen molar-refractivity contribution in [3.05, 3.63) is 94.3 Å². The number of thiophene rings is 1. The third-order valence-corrected chi connectivity index (χ3v) is 4.99. The molecule has 142 valence electrons. The second-order valence-electron chi connectivity index (χ2n) is 6.14. The van der Waals surface area contributed by atoms with Crippen molar-refractivity contribution in [1.29, 1.82) is 0 Å². The van der Waals surface area contributed by atoms with E-state index in [2.05, 4.69) is 29.4 Å². The van der Waals surface area contributed by atoms with Crippen molar-refractivity contribution in [1.82, 2.24) is 9.78 Å². The average Bonchev–Trinajstić information content (AvgIpc) is 3.33. The van der Waals surface area contributed by atoms with E-state index in [4.69, 9.17) is 10.8 Å². The Balaban J connectivity index is 0.000000236. The molecule has 3 N–H and O–H groups in total. The summed E-state index contributed by atoms with van der Waals surface area (Å²) in [5.41, 5.74) is 11.1. The smallest absolute Gasteiger partial charge is 0.345 e. The zero-order chi connectivity index (χ0) is 19.9. The Morgan fingerprint density at radius 2 is 1.68 bits per heavy atom. The SMILES string of the molecule is Cc1nn(Cc2ccccc2)c(-c2ccccc2)c1N.O=C(O)c1cccs1. The molecule has 2 aromatic heterocycles. The molecule has 0 aliphatic rings. The van der Waals surface area contributed by atoms with Crippen molar-refractivity contribution in [3.63, 3.8) is 0 Å². The normalized spacial score (nSPS) is 10.2. The number of rotatable bonds is 4. The molecule has 0 radical (unpaired) electrons. The Morgan fingerprint density at radius 1 is 1.04 bits per heavy atom. The van der Waals surface area contributed by atoms with Crippen LogP contribution >= 0.6 is 11.3 Å². The number of hydrogen-bond acceptors (Lipinski definition) is 4. The van der Waals surface area contributed by atoms with E-state index >= 15 is 0 Å². The number of aryl methyl sites for hydroxylation is 1. The summed E-state index contributed by atoms with van der Waals surface area (Å²) in [6.07, 6.45) is 0. The summed E-state index contributed by atoms with van der Waals surface area (Å²) in [4.78, 5) is 10.5. The van der Waals surface area contributed by atoms with Crippen LogP contribution in [0.5, 0.6) is 0 Å². The highest BCUT2D eigenvalue weighted by atomic mass is 32.1. The van der Waals surface area contributed by atoms with E-state index in [-0.39, 0.29) is 0 Å². The summed E-state index contributed by atoms with van der Waals surface area (Å²) in [6.45, 7) is 2.67. The van der Waals surface area contributed by atoms with Crippen LogP contribution in [0.2, 0.25) is 0 Å². The summed E-state index contributed by atoms with van der Waals surface area (Å²) in [7, 11) is 0. The zero-order valence-corrected chi connectivity index (χ0v) is 16.3. The monoisotopic (exact) mass is 391 g/mol. The first-order valence-electron chi connectivity index (χ1n) is 8.75. The number of nitrogens with zero attached hydrogens (tertiary/aromatic N) is 2. The van der Waals surface area contributed by atoms with Crippen LogP contribution in [0.25, 0.3) is 11.3 Å². The molecule has 0 saturated carbocycles. The summed E-state index contributed by atoms with van der Waals surface area (Å²) < 4.78 is 1.98.